The van der Waals surface area contributed by atoms with E-state index in [1.807, 2.05) is 21.9 Å². The highest BCUT2D eigenvalue weighted by Crippen LogP contribution is 2.48. The molecule has 5 rings (SSSR count). The summed E-state index contributed by atoms with van der Waals surface area (Å²) >= 11 is 0. The Morgan fingerprint density at radius 1 is 1.11 bits per heavy atom. The number of carbonyl (C=O) groups is 2. The number of urea groups is 1. The molecule has 0 bridgehead atoms. The SMILES string of the molecule is CC1CC(C(=O)N2CCC(N3CCC4(CC3)CN(C(=O)N(C)C)c3ccc(F)cc34)CC2)=NN1C. The number of amides is 3. The van der Waals surface area contributed by atoms with Crippen molar-refractivity contribution in [3.63, 3.8) is 0 Å². The molecule has 1 aromatic carbocycles. The van der Waals surface area contributed by atoms with Gasteiger partial charge in [0.1, 0.15) is 11.5 Å². The average Bonchev–Trinajstić information content (AvgIpc) is 3.35. The quantitative estimate of drug-likeness (QED) is 0.648. The first-order valence-corrected chi connectivity index (χ1v) is 12.8. The summed E-state index contributed by atoms with van der Waals surface area (Å²) < 4.78 is 14.2. The van der Waals surface area contributed by atoms with Crippen molar-refractivity contribution in [3.8, 4) is 0 Å². The van der Waals surface area contributed by atoms with Gasteiger partial charge >= 0.3 is 6.03 Å². The Hall–Kier alpha value is -2.68. The molecule has 0 aliphatic carbocycles. The number of piperidine rings is 2. The van der Waals surface area contributed by atoms with Crippen LogP contribution in [-0.2, 0) is 10.2 Å². The number of nitrogens with zero attached hydrogens (tertiary/aromatic N) is 6. The molecular weight excluding hydrogens is 447 g/mol. The van der Waals surface area contributed by atoms with Crippen LogP contribution in [0, 0.1) is 5.82 Å². The minimum absolute atomic E-state index is 0.0540. The van der Waals surface area contributed by atoms with Gasteiger partial charge in [-0.2, -0.15) is 5.10 Å². The second-order valence-electron chi connectivity index (χ2n) is 10.9. The van der Waals surface area contributed by atoms with Crippen molar-refractivity contribution in [3.05, 3.63) is 29.6 Å². The molecule has 1 spiro atoms. The van der Waals surface area contributed by atoms with Crippen LogP contribution in [0.1, 0.15) is 44.6 Å². The van der Waals surface area contributed by atoms with Gasteiger partial charge in [-0.05, 0) is 69.5 Å². The van der Waals surface area contributed by atoms with Crippen LogP contribution in [0.5, 0.6) is 0 Å². The normalized spacial score (nSPS) is 24.7. The van der Waals surface area contributed by atoms with Gasteiger partial charge < -0.3 is 14.7 Å². The van der Waals surface area contributed by atoms with Crippen molar-refractivity contribution in [2.45, 2.75) is 56.5 Å². The molecule has 0 saturated carbocycles. The standard InChI is InChI=1S/C26H37FN6O2/c1-18-15-22(28-30(18)4)24(34)32-11-7-20(8-12-32)31-13-9-26(10-14-31)17-33(25(35)29(2)3)23-6-5-19(27)16-21(23)26/h5-6,16,18,20H,7-15,17H2,1-4H3. The monoisotopic (exact) mass is 484 g/mol. The fraction of sp³-hybridized carbons (Fsp3) is 0.654. The van der Waals surface area contributed by atoms with Crippen LogP contribution in [0.4, 0.5) is 14.9 Å². The Bertz CT molecular complexity index is 1030. The molecule has 3 amide bonds. The Morgan fingerprint density at radius 2 is 1.80 bits per heavy atom. The fourth-order valence-electron chi connectivity index (χ4n) is 6.29. The third kappa shape index (κ3) is 4.28. The van der Waals surface area contributed by atoms with Crippen molar-refractivity contribution in [1.29, 1.82) is 0 Å². The number of hydrazone groups is 1. The van der Waals surface area contributed by atoms with Crippen molar-refractivity contribution in [2.75, 3.05) is 58.8 Å². The summed E-state index contributed by atoms with van der Waals surface area (Å²) in [6.07, 6.45) is 4.46. The molecule has 8 nitrogen and oxygen atoms in total. The lowest BCUT2D eigenvalue weighted by Gasteiger charge is -2.45. The number of hydrogen-bond donors (Lipinski definition) is 0. The third-order valence-electron chi connectivity index (χ3n) is 8.57. The number of benzene rings is 1. The van der Waals surface area contributed by atoms with E-state index in [0.29, 0.717) is 18.3 Å². The van der Waals surface area contributed by atoms with E-state index in [1.54, 1.807) is 31.1 Å². The van der Waals surface area contributed by atoms with Crippen molar-refractivity contribution >= 4 is 23.3 Å². The minimum Gasteiger partial charge on any atom is -0.337 e. The number of anilines is 1. The highest BCUT2D eigenvalue weighted by atomic mass is 19.1. The summed E-state index contributed by atoms with van der Waals surface area (Å²) in [4.78, 5) is 33.7. The minimum atomic E-state index is -0.241. The van der Waals surface area contributed by atoms with E-state index in [-0.39, 0.29) is 29.2 Å². The lowest BCUT2D eigenvalue weighted by Crippen LogP contribution is -2.53. The van der Waals surface area contributed by atoms with Gasteiger partial charge in [0.25, 0.3) is 5.91 Å². The van der Waals surface area contributed by atoms with Gasteiger partial charge in [-0.1, -0.05) is 0 Å². The molecule has 35 heavy (non-hydrogen) atoms. The summed E-state index contributed by atoms with van der Waals surface area (Å²) in [5, 5.41) is 6.32. The molecule has 1 unspecified atom stereocenters. The van der Waals surface area contributed by atoms with Crippen molar-refractivity contribution < 1.29 is 14.0 Å². The zero-order valence-corrected chi connectivity index (χ0v) is 21.3. The van der Waals surface area contributed by atoms with Gasteiger partial charge in [-0.25, -0.2) is 9.18 Å². The van der Waals surface area contributed by atoms with Gasteiger partial charge in [-0.3, -0.25) is 14.7 Å². The summed E-state index contributed by atoms with van der Waals surface area (Å²) in [6.45, 7) is 6.08. The molecule has 1 atom stereocenters. The zero-order chi connectivity index (χ0) is 24.9. The zero-order valence-electron chi connectivity index (χ0n) is 21.3. The van der Waals surface area contributed by atoms with Crippen LogP contribution in [0.2, 0.25) is 0 Å². The molecule has 1 aromatic rings. The lowest BCUT2D eigenvalue weighted by atomic mass is 9.74. The smallest absolute Gasteiger partial charge is 0.323 e. The maximum atomic E-state index is 14.2. The predicted molar refractivity (Wildman–Crippen MR) is 134 cm³/mol. The molecule has 0 radical (unpaired) electrons. The molecule has 4 aliphatic heterocycles. The van der Waals surface area contributed by atoms with Gasteiger partial charge in [0.05, 0.1) is 0 Å². The Morgan fingerprint density at radius 3 is 2.40 bits per heavy atom. The number of likely N-dealkylation sites (tertiary alicyclic amines) is 2. The highest BCUT2D eigenvalue weighted by Gasteiger charge is 2.47. The molecule has 2 fully saturated rings. The van der Waals surface area contributed by atoms with E-state index < -0.39 is 0 Å². The second kappa shape index (κ2) is 9.08. The average molecular weight is 485 g/mol. The number of carbonyl (C=O) groups excluding carboxylic acids is 2. The topological polar surface area (TPSA) is 62.7 Å². The molecular formula is C26H37FN6O2. The van der Waals surface area contributed by atoms with E-state index in [1.165, 1.54) is 6.07 Å². The summed E-state index contributed by atoms with van der Waals surface area (Å²) in [5.74, 6) is -0.151. The van der Waals surface area contributed by atoms with E-state index in [2.05, 4.69) is 16.9 Å². The van der Waals surface area contributed by atoms with Crippen LogP contribution < -0.4 is 4.90 Å². The molecule has 0 aromatic heterocycles. The van der Waals surface area contributed by atoms with Crippen LogP contribution in [0.3, 0.4) is 0 Å². The molecule has 0 N–H and O–H groups in total. The van der Waals surface area contributed by atoms with E-state index in [4.69, 9.17) is 0 Å². The molecule has 4 aliphatic rings. The largest absolute Gasteiger partial charge is 0.337 e. The number of fused-ring (bicyclic) bond motifs is 2. The number of rotatable bonds is 2. The van der Waals surface area contributed by atoms with Crippen molar-refractivity contribution in [2.24, 2.45) is 5.10 Å². The van der Waals surface area contributed by atoms with Gasteiger partial charge in [0.2, 0.25) is 0 Å². The van der Waals surface area contributed by atoms with Crippen LogP contribution in [-0.4, -0.2) is 103 Å². The summed E-state index contributed by atoms with van der Waals surface area (Å²) in [6, 6.07) is 5.53. The Kier molecular flexibility index (Phi) is 6.23. The Balaban J connectivity index is 1.21. The fourth-order valence-corrected chi connectivity index (χ4v) is 6.29. The van der Waals surface area contributed by atoms with E-state index >= 15 is 0 Å². The maximum absolute atomic E-state index is 14.2. The van der Waals surface area contributed by atoms with Crippen LogP contribution >= 0.6 is 0 Å². The molecule has 2 saturated heterocycles. The molecule has 190 valence electrons. The number of halogens is 1. The second-order valence-corrected chi connectivity index (χ2v) is 10.9. The maximum Gasteiger partial charge on any atom is 0.323 e. The lowest BCUT2D eigenvalue weighted by molar-refractivity contribution is -0.125. The first kappa shape index (κ1) is 24.0. The molecule has 4 heterocycles. The van der Waals surface area contributed by atoms with Crippen molar-refractivity contribution in [1.82, 2.24) is 19.7 Å². The summed E-state index contributed by atoms with van der Waals surface area (Å²) in [7, 11) is 5.44. The van der Waals surface area contributed by atoms with Gasteiger partial charge in [0.15, 0.2) is 0 Å². The number of hydrogen-bond acceptors (Lipinski definition) is 5. The first-order valence-electron chi connectivity index (χ1n) is 12.8. The highest BCUT2D eigenvalue weighted by molar-refractivity contribution is 6.39. The predicted octanol–water partition coefficient (Wildman–Crippen LogP) is 2.73. The van der Waals surface area contributed by atoms with Crippen LogP contribution in [0.25, 0.3) is 0 Å². The van der Waals surface area contributed by atoms with E-state index in [0.717, 1.165) is 69.5 Å². The third-order valence-corrected chi connectivity index (χ3v) is 8.57. The first-order chi connectivity index (χ1) is 16.7. The van der Waals surface area contributed by atoms with Gasteiger partial charge in [0, 0.05) is 70.4 Å². The summed E-state index contributed by atoms with van der Waals surface area (Å²) in [5.41, 5.74) is 2.31. The molecule has 9 heteroatoms. The van der Waals surface area contributed by atoms with E-state index in [9.17, 15) is 14.0 Å². The van der Waals surface area contributed by atoms with Gasteiger partial charge in [-0.15, -0.1) is 0 Å². The Labute approximate surface area is 207 Å². The van der Waals surface area contributed by atoms with Crippen LogP contribution in [0.15, 0.2) is 23.3 Å².